The first-order chi connectivity index (χ1) is 12.8. The van der Waals surface area contributed by atoms with E-state index in [1.165, 1.54) is 0 Å². The van der Waals surface area contributed by atoms with Gasteiger partial charge in [0.05, 0.1) is 6.54 Å². The van der Waals surface area contributed by atoms with Gasteiger partial charge in [-0.1, -0.05) is 60.7 Å². The molecule has 1 amide bonds. The molecule has 3 aromatic carbocycles. The van der Waals surface area contributed by atoms with Crippen molar-refractivity contribution in [2.45, 2.75) is 6.10 Å². The van der Waals surface area contributed by atoms with E-state index in [9.17, 15) is 4.79 Å². The summed E-state index contributed by atoms with van der Waals surface area (Å²) in [5.74, 6) is 0.764. The Balaban J connectivity index is 1.40. The van der Waals surface area contributed by atoms with Crippen LogP contribution in [0, 0.1) is 0 Å². The first kappa shape index (κ1) is 16.2. The van der Waals surface area contributed by atoms with E-state index in [1.54, 1.807) is 4.90 Å². The van der Waals surface area contributed by atoms with Crippen molar-refractivity contribution in [3.8, 4) is 16.9 Å². The molecule has 4 nitrogen and oxygen atoms in total. The molecule has 1 unspecified atom stereocenters. The van der Waals surface area contributed by atoms with Crippen LogP contribution in [0.1, 0.15) is 0 Å². The Bertz CT molecular complexity index is 880. The van der Waals surface area contributed by atoms with Crippen LogP contribution >= 0.6 is 0 Å². The van der Waals surface area contributed by atoms with Gasteiger partial charge < -0.3 is 9.47 Å². The van der Waals surface area contributed by atoms with Crippen LogP contribution in [0.4, 0.5) is 10.5 Å². The molecule has 0 N–H and O–H groups in total. The maximum absolute atomic E-state index is 12.1. The number of para-hydroxylation sites is 1. The van der Waals surface area contributed by atoms with Gasteiger partial charge in [0, 0.05) is 5.69 Å². The lowest BCUT2D eigenvalue weighted by Gasteiger charge is -2.13. The molecule has 0 spiro atoms. The minimum Gasteiger partial charge on any atom is -0.490 e. The van der Waals surface area contributed by atoms with E-state index in [2.05, 4.69) is 18.2 Å². The molecule has 1 aliphatic heterocycles. The van der Waals surface area contributed by atoms with Crippen LogP contribution < -0.4 is 9.64 Å². The Morgan fingerprint density at radius 1 is 0.885 bits per heavy atom. The number of carbonyl (C=O) groups is 1. The van der Waals surface area contributed by atoms with Gasteiger partial charge in [0.25, 0.3) is 0 Å². The number of hydrogen-bond donors (Lipinski definition) is 0. The van der Waals surface area contributed by atoms with E-state index in [0.717, 1.165) is 22.6 Å². The molecule has 1 aliphatic rings. The highest BCUT2D eigenvalue weighted by Gasteiger charge is 2.32. The van der Waals surface area contributed by atoms with Crippen LogP contribution in [0.2, 0.25) is 0 Å². The van der Waals surface area contributed by atoms with Crippen molar-refractivity contribution in [2.75, 3.05) is 18.1 Å². The summed E-state index contributed by atoms with van der Waals surface area (Å²) < 4.78 is 11.3. The molecule has 26 heavy (non-hydrogen) atoms. The average Bonchev–Trinajstić information content (AvgIpc) is 3.09. The number of nitrogens with zero attached hydrogens (tertiary/aromatic N) is 1. The number of anilines is 1. The normalized spacial score (nSPS) is 16.4. The molecule has 130 valence electrons. The van der Waals surface area contributed by atoms with Gasteiger partial charge in [0.15, 0.2) is 6.10 Å². The predicted molar refractivity (Wildman–Crippen MR) is 101 cm³/mol. The minimum absolute atomic E-state index is 0.289. The first-order valence-electron chi connectivity index (χ1n) is 8.61. The van der Waals surface area contributed by atoms with Gasteiger partial charge in [-0.2, -0.15) is 0 Å². The largest absolute Gasteiger partial charge is 0.490 e. The Morgan fingerprint density at radius 3 is 2.35 bits per heavy atom. The SMILES string of the molecule is O=C1OC(COc2cccc(-c3ccccc3)c2)CN1c1ccccc1. The molecule has 0 radical (unpaired) electrons. The van der Waals surface area contributed by atoms with E-state index < -0.39 is 0 Å². The molecule has 1 atom stereocenters. The summed E-state index contributed by atoms with van der Waals surface area (Å²) in [6.07, 6.45) is -0.620. The summed E-state index contributed by atoms with van der Waals surface area (Å²) >= 11 is 0. The lowest BCUT2D eigenvalue weighted by Crippen LogP contribution is -2.26. The zero-order valence-electron chi connectivity index (χ0n) is 14.2. The van der Waals surface area contributed by atoms with E-state index in [4.69, 9.17) is 9.47 Å². The average molecular weight is 345 g/mol. The van der Waals surface area contributed by atoms with Crippen molar-refractivity contribution in [3.63, 3.8) is 0 Å². The summed E-state index contributed by atoms with van der Waals surface area (Å²) in [6, 6.07) is 27.6. The number of rotatable bonds is 5. The third kappa shape index (κ3) is 3.54. The maximum atomic E-state index is 12.1. The van der Waals surface area contributed by atoms with Crippen molar-refractivity contribution >= 4 is 11.8 Å². The van der Waals surface area contributed by atoms with Crippen LogP contribution in [0.3, 0.4) is 0 Å². The second kappa shape index (κ2) is 7.31. The van der Waals surface area contributed by atoms with Crippen LogP contribution in [0.15, 0.2) is 84.9 Å². The quantitative estimate of drug-likeness (QED) is 0.669. The Hall–Kier alpha value is -3.27. The van der Waals surface area contributed by atoms with Crippen molar-refractivity contribution in [3.05, 3.63) is 84.9 Å². The summed E-state index contributed by atoms with van der Waals surface area (Å²) in [7, 11) is 0. The third-order valence-electron chi connectivity index (χ3n) is 4.32. The van der Waals surface area contributed by atoms with Crippen LogP contribution in [0.5, 0.6) is 5.75 Å². The first-order valence-corrected chi connectivity index (χ1v) is 8.61. The van der Waals surface area contributed by atoms with Crippen molar-refractivity contribution in [2.24, 2.45) is 0 Å². The second-order valence-electron chi connectivity index (χ2n) is 6.16. The smallest absolute Gasteiger partial charge is 0.414 e. The number of amides is 1. The lowest BCUT2D eigenvalue weighted by atomic mass is 10.1. The molecular formula is C22H19NO3. The topological polar surface area (TPSA) is 38.8 Å². The van der Waals surface area contributed by atoms with Crippen molar-refractivity contribution in [1.82, 2.24) is 0 Å². The highest BCUT2D eigenvalue weighted by Crippen LogP contribution is 2.25. The Labute approximate surface area is 152 Å². The van der Waals surface area contributed by atoms with Gasteiger partial charge in [-0.3, -0.25) is 4.90 Å². The third-order valence-corrected chi connectivity index (χ3v) is 4.32. The monoisotopic (exact) mass is 345 g/mol. The van der Waals surface area contributed by atoms with E-state index in [1.807, 2.05) is 66.7 Å². The number of hydrogen-bond acceptors (Lipinski definition) is 3. The molecular weight excluding hydrogens is 326 g/mol. The van der Waals surface area contributed by atoms with E-state index in [-0.39, 0.29) is 12.2 Å². The van der Waals surface area contributed by atoms with E-state index in [0.29, 0.717) is 13.2 Å². The van der Waals surface area contributed by atoms with Gasteiger partial charge in [-0.25, -0.2) is 4.79 Å². The van der Waals surface area contributed by atoms with Gasteiger partial charge in [-0.05, 0) is 35.4 Å². The zero-order valence-corrected chi connectivity index (χ0v) is 14.2. The highest BCUT2D eigenvalue weighted by atomic mass is 16.6. The van der Waals surface area contributed by atoms with E-state index >= 15 is 0 Å². The number of carbonyl (C=O) groups excluding carboxylic acids is 1. The minimum atomic E-state index is -0.331. The summed E-state index contributed by atoms with van der Waals surface area (Å²) in [5, 5.41) is 0. The molecule has 0 saturated carbocycles. The fourth-order valence-electron chi connectivity index (χ4n) is 3.01. The van der Waals surface area contributed by atoms with Crippen molar-refractivity contribution in [1.29, 1.82) is 0 Å². The Morgan fingerprint density at radius 2 is 1.58 bits per heavy atom. The highest BCUT2D eigenvalue weighted by molar-refractivity contribution is 5.89. The van der Waals surface area contributed by atoms with Gasteiger partial charge in [0.2, 0.25) is 0 Å². The van der Waals surface area contributed by atoms with Crippen LogP contribution in [-0.2, 0) is 4.74 Å². The molecule has 4 heteroatoms. The summed E-state index contributed by atoms with van der Waals surface area (Å²) in [4.78, 5) is 13.7. The molecule has 0 aliphatic carbocycles. The number of benzene rings is 3. The number of ether oxygens (including phenoxy) is 2. The fraction of sp³-hybridized carbons (Fsp3) is 0.136. The molecule has 1 heterocycles. The van der Waals surface area contributed by atoms with Crippen LogP contribution in [0.25, 0.3) is 11.1 Å². The summed E-state index contributed by atoms with van der Waals surface area (Å²) in [6.45, 7) is 0.814. The van der Waals surface area contributed by atoms with Crippen LogP contribution in [-0.4, -0.2) is 25.3 Å². The lowest BCUT2D eigenvalue weighted by molar-refractivity contribution is 0.105. The predicted octanol–water partition coefficient (Wildman–Crippen LogP) is 4.76. The molecule has 1 saturated heterocycles. The molecule has 1 fully saturated rings. The fourth-order valence-corrected chi connectivity index (χ4v) is 3.01. The van der Waals surface area contributed by atoms with Crippen molar-refractivity contribution < 1.29 is 14.3 Å². The molecule has 3 aromatic rings. The molecule has 0 aromatic heterocycles. The second-order valence-corrected chi connectivity index (χ2v) is 6.16. The standard InChI is InChI=1S/C22H19NO3/c24-22-23(19-11-5-2-6-12-19)15-21(26-22)16-25-20-13-7-10-18(14-20)17-8-3-1-4-9-17/h1-14,21H,15-16H2. The van der Waals surface area contributed by atoms with Gasteiger partial charge >= 0.3 is 6.09 Å². The zero-order chi connectivity index (χ0) is 17.8. The molecule has 4 rings (SSSR count). The molecule has 0 bridgehead atoms. The van der Waals surface area contributed by atoms with Gasteiger partial charge in [-0.15, -0.1) is 0 Å². The Kier molecular flexibility index (Phi) is 4.56. The maximum Gasteiger partial charge on any atom is 0.414 e. The summed E-state index contributed by atoms with van der Waals surface area (Å²) in [5.41, 5.74) is 3.07. The van der Waals surface area contributed by atoms with Gasteiger partial charge in [0.1, 0.15) is 12.4 Å². The number of cyclic esters (lactones) is 1.